The van der Waals surface area contributed by atoms with Crippen LogP contribution in [0, 0.1) is 13.8 Å². The molecule has 3 rings (SSSR count). The lowest BCUT2D eigenvalue weighted by Gasteiger charge is -2.14. The SMILES string of the molecule is Cc1cc(Nc2cccc(Cl)c2C)nc(Nc2ccc(N(C)C)cc2)n1. The molecule has 6 heteroatoms. The lowest BCUT2D eigenvalue weighted by Crippen LogP contribution is -2.08. The predicted octanol–water partition coefficient (Wildman–Crippen LogP) is 5.30. The van der Waals surface area contributed by atoms with Crippen LogP contribution in [0.5, 0.6) is 0 Å². The zero-order valence-electron chi connectivity index (χ0n) is 15.3. The molecule has 0 atom stereocenters. The molecule has 0 unspecified atom stereocenters. The third-order valence-corrected chi connectivity index (χ3v) is 4.43. The molecule has 3 aromatic rings. The smallest absolute Gasteiger partial charge is 0.229 e. The van der Waals surface area contributed by atoms with Crippen molar-refractivity contribution >= 4 is 40.4 Å². The van der Waals surface area contributed by atoms with Crippen molar-refractivity contribution in [3.05, 3.63) is 64.8 Å². The fourth-order valence-electron chi connectivity index (χ4n) is 2.54. The van der Waals surface area contributed by atoms with Crippen LogP contribution < -0.4 is 15.5 Å². The number of anilines is 5. The average Bonchev–Trinajstić information content (AvgIpc) is 2.59. The summed E-state index contributed by atoms with van der Waals surface area (Å²) in [5.74, 6) is 1.26. The number of nitrogens with zero attached hydrogens (tertiary/aromatic N) is 3. The molecule has 0 saturated carbocycles. The second kappa shape index (κ2) is 7.62. The van der Waals surface area contributed by atoms with Crippen LogP contribution in [0.1, 0.15) is 11.3 Å². The molecule has 26 heavy (non-hydrogen) atoms. The van der Waals surface area contributed by atoms with Crippen LogP contribution in [0.25, 0.3) is 0 Å². The van der Waals surface area contributed by atoms with E-state index in [-0.39, 0.29) is 0 Å². The second-order valence-corrected chi connectivity index (χ2v) is 6.73. The van der Waals surface area contributed by atoms with Crippen molar-refractivity contribution in [2.45, 2.75) is 13.8 Å². The summed E-state index contributed by atoms with van der Waals surface area (Å²) in [6.07, 6.45) is 0. The summed E-state index contributed by atoms with van der Waals surface area (Å²) >= 11 is 6.20. The molecule has 1 heterocycles. The number of halogens is 1. The van der Waals surface area contributed by atoms with Gasteiger partial charge in [0.2, 0.25) is 5.95 Å². The Hall–Kier alpha value is -2.79. The Morgan fingerprint density at radius 2 is 1.65 bits per heavy atom. The van der Waals surface area contributed by atoms with Crippen molar-refractivity contribution in [2.24, 2.45) is 0 Å². The van der Waals surface area contributed by atoms with Crippen LogP contribution in [0.15, 0.2) is 48.5 Å². The number of nitrogens with one attached hydrogen (secondary N) is 2. The highest BCUT2D eigenvalue weighted by Crippen LogP contribution is 2.26. The molecular weight excluding hydrogens is 346 g/mol. The molecule has 0 amide bonds. The first-order chi connectivity index (χ1) is 12.4. The van der Waals surface area contributed by atoms with E-state index in [1.807, 2.05) is 76.5 Å². The van der Waals surface area contributed by atoms with Crippen molar-refractivity contribution in [1.29, 1.82) is 0 Å². The number of hydrogen-bond acceptors (Lipinski definition) is 5. The van der Waals surface area contributed by atoms with E-state index in [0.717, 1.165) is 39.2 Å². The van der Waals surface area contributed by atoms with Gasteiger partial charge >= 0.3 is 0 Å². The third-order valence-electron chi connectivity index (χ3n) is 4.02. The van der Waals surface area contributed by atoms with Crippen LogP contribution in [-0.4, -0.2) is 24.1 Å². The minimum absolute atomic E-state index is 0.546. The Morgan fingerprint density at radius 3 is 2.35 bits per heavy atom. The minimum Gasteiger partial charge on any atom is -0.378 e. The van der Waals surface area contributed by atoms with E-state index in [1.54, 1.807) is 0 Å². The van der Waals surface area contributed by atoms with Gasteiger partial charge in [0.25, 0.3) is 0 Å². The molecule has 2 N–H and O–H groups in total. The summed E-state index contributed by atoms with van der Waals surface area (Å²) < 4.78 is 0. The molecule has 0 aliphatic heterocycles. The number of aryl methyl sites for hydroxylation is 1. The van der Waals surface area contributed by atoms with E-state index in [2.05, 4.69) is 25.5 Å². The van der Waals surface area contributed by atoms with Crippen LogP contribution >= 0.6 is 11.6 Å². The Bertz CT molecular complexity index is 907. The zero-order chi connectivity index (χ0) is 18.7. The zero-order valence-corrected chi connectivity index (χ0v) is 16.1. The van der Waals surface area contributed by atoms with E-state index in [0.29, 0.717) is 5.95 Å². The predicted molar refractivity (Wildman–Crippen MR) is 110 cm³/mol. The van der Waals surface area contributed by atoms with Gasteiger partial charge in [-0.05, 0) is 55.8 Å². The Labute approximate surface area is 159 Å². The maximum Gasteiger partial charge on any atom is 0.229 e. The Morgan fingerprint density at radius 1 is 0.923 bits per heavy atom. The Balaban J connectivity index is 1.82. The van der Waals surface area contributed by atoms with Crippen molar-refractivity contribution in [3.63, 3.8) is 0 Å². The first-order valence-electron chi connectivity index (χ1n) is 8.34. The summed E-state index contributed by atoms with van der Waals surface area (Å²) in [6, 6.07) is 15.8. The third kappa shape index (κ3) is 4.24. The number of rotatable bonds is 5. The molecular formula is C20H22ClN5. The standard InChI is InChI=1S/C20H22ClN5/c1-13-12-19(24-18-7-5-6-17(21)14(18)2)25-20(22-13)23-15-8-10-16(11-9-15)26(3)4/h5-12H,1-4H3,(H2,22,23,24,25). The van der Waals surface area contributed by atoms with Crippen LogP contribution in [0.2, 0.25) is 5.02 Å². The average molecular weight is 368 g/mol. The fourth-order valence-corrected chi connectivity index (χ4v) is 2.72. The normalized spacial score (nSPS) is 10.5. The lowest BCUT2D eigenvalue weighted by atomic mass is 10.2. The molecule has 5 nitrogen and oxygen atoms in total. The van der Waals surface area contributed by atoms with Crippen molar-refractivity contribution in [1.82, 2.24) is 9.97 Å². The van der Waals surface area contributed by atoms with E-state index < -0.39 is 0 Å². The minimum atomic E-state index is 0.546. The quantitative estimate of drug-likeness (QED) is 0.640. The number of aromatic nitrogens is 2. The van der Waals surface area contributed by atoms with Gasteiger partial charge in [-0.1, -0.05) is 17.7 Å². The highest BCUT2D eigenvalue weighted by atomic mass is 35.5. The fraction of sp³-hybridized carbons (Fsp3) is 0.200. The maximum atomic E-state index is 6.20. The molecule has 0 spiro atoms. The van der Waals surface area contributed by atoms with E-state index in [4.69, 9.17) is 11.6 Å². The Kier molecular flexibility index (Phi) is 5.28. The van der Waals surface area contributed by atoms with Gasteiger partial charge in [-0.15, -0.1) is 0 Å². The number of hydrogen-bond donors (Lipinski definition) is 2. The molecule has 0 radical (unpaired) electrons. The van der Waals surface area contributed by atoms with E-state index in [1.165, 1.54) is 0 Å². The molecule has 0 saturated heterocycles. The van der Waals surface area contributed by atoms with Gasteiger partial charge in [-0.3, -0.25) is 0 Å². The van der Waals surface area contributed by atoms with E-state index >= 15 is 0 Å². The molecule has 0 aliphatic carbocycles. The second-order valence-electron chi connectivity index (χ2n) is 6.32. The first-order valence-corrected chi connectivity index (χ1v) is 8.72. The van der Waals surface area contributed by atoms with Crippen molar-refractivity contribution in [3.8, 4) is 0 Å². The summed E-state index contributed by atoms with van der Waals surface area (Å²) in [4.78, 5) is 11.1. The van der Waals surface area contributed by atoms with Gasteiger partial charge in [0, 0.05) is 47.9 Å². The lowest BCUT2D eigenvalue weighted by molar-refractivity contribution is 1.10. The first kappa shape index (κ1) is 18.0. The van der Waals surface area contributed by atoms with Gasteiger partial charge in [-0.2, -0.15) is 4.98 Å². The maximum absolute atomic E-state index is 6.20. The highest BCUT2D eigenvalue weighted by Gasteiger charge is 2.07. The molecule has 1 aromatic heterocycles. The molecule has 0 bridgehead atoms. The van der Waals surface area contributed by atoms with E-state index in [9.17, 15) is 0 Å². The van der Waals surface area contributed by atoms with Gasteiger partial charge in [0.1, 0.15) is 5.82 Å². The van der Waals surface area contributed by atoms with Crippen LogP contribution in [0.4, 0.5) is 28.8 Å². The van der Waals surface area contributed by atoms with Crippen molar-refractivity contribution in [2.75, 3.05) is 29.6 Å². The molecule has 2 aromatic carbocycles. The monoisotopic (exact) mass is 367 g/mol. The summed E-state index contributed by atoms with van der Waals surface area (Å²) in [7, 11) is 4.03. The van der Waals surface area contributed by atoms with Gasteiger partial charge in [0.05, 0.1) is 0 Å². The largest absolute Gasteiger partial charge is 0.378 e. The van der Waals surface area contributed by atoms with Crippen molar-refractivity contribution < 1.29 is 0 Å². The summed E-state index contributed by atoms with van der Waals surface area (Å²) in [6.45, 7) is 3.92. The van der Waals surface area contributed by atoms with Crippen LogP contribution in [0.3, 0.4) is 0 Å². The summed E-state index contributed by atoms with van der Waals surface area (Å²) in [5, 5.41) is 7.30. The molecule has 0 aliphatic rings. The number of benzene rings is 2. The highest BCUT2D eigenvalue weighted by molar-refractivity contribution is 6.31. The van der Waals surface area contributed by atoms with Crippen LogP contribution in [-0.2, 0) is 0 Å². The summed E-state index contributed by atoms with van der Waals surface area (Å²) in [5.41, 5.74) is 4.86. The molecule has 0 fully saturated rings. The van der Waals surface area contributed by atoms with Gasteiger partial charge < -0.3 is 15.5 Å². The topological polar surface area (TPSA) is 53.1 Å². The van der Waals surface area contributed by atoms with Gasteiger partial charge in [0.15, 0.2) is 0 Å². The molecule has 134 valence electrons. The van der Waals surface area contributed by atoms with Gasteiger partial charge in [-0.25, -0.2) is 4.98 Å².